The summed E-state index contributed by atoms with van der Waals surface area (Å²) in [6.07, 6.45) is 8.30. The smallest absolute Gasteiger partial charge is 0.268 e. The molecule has 6 nitrogen and oxygen atoms in total. The van der Waals surface area contributed by atoms with E-state index in [9.17, 15) is 9.59 Å². The van der Waals surface area contributed by atoms with Crippen molar-refractivity contribution in [2.45, 2.75) is 63.8 Å². The summed E-state index contributed by atoms with van der Waals surface area (Å²) in [5.41, 5.74) is 3.13. The Morgan fingerprint density at radius 1 is 1.15 bits per heavy atom. The molecule has 1 saturated heterocycles. The van der Waals surface area contributed by atoms with Gasteiger partial charge >= 0.3 is 0 Å². The van der Waals surface area contributed by atoms with E-state index in [1.165, 1.54) is 19.3 Å². The van der Waals surface area contributed by atoms with Crippen LogP contribution in [0.15, 0.2) is 0 Å². The average molecular weight is 373 g/mol. The van der Waals surface area contributed by atoms with Gasteiger partial charge in [0.15, 0.2) is 5.78 Å². The number of aromatic amines is 1. The van der Waals surface area contributed by atoms with E-state index in [2.05, 4.69) is 15.2 Å². The van der Waals surface area contributed by atoms with E-state index in [1.807, 2.05) is 6.92 Å². The number of carbonyl (C=O) groups is 2. The van der Waals surface area contributed by atoms with Crippen molar-refractivity contribution in [3.8, 4) is 0 Å². The largest absolute Gasteiger partial charge is 0.379 e. The molecule has 1 amide bonds. The van der Waals surface area contributed by atoms with E-state index in [0.29, 0.717) is 18.7 Å². The number of H-pyrrole nitrogens is 1. The number of ether oxygens (including phenoxy) is 1. The van der Waals surface area contributed by atoms with Crippen molar-refractivity contribution in [2.24, 2.45) is 0 Å². The van der Waals surface area contributed by atoms with Crippen molar-refractivity contribution in [1.29, 1.82) is 0 Å². The molecule has 3 aliphatic rings. The summed E-state index contributed by atoms with van der Waals surface area (Å²) in [6, 6.07) is 0. The Kier molecular flexibility index (Phi) is 5.37. The first-order valence-corrected chi connectivity index (χ1v) is 10.5. The number of ketones is 1. The highest BCUT2D eigenvalue weighted by Gasteiger charge is 2.39. The Hall–Kier alpha value is -1.66. The number of hydrogen-bond acceptors (Lipinski definition) is 4. The normalized spacial score (nSPS) is 23.1. The minimum Gasteiger partial charge on any atom is -0.379 e. The number of Topliss-reactive ketones (excluding diaryl/α,β-unsaturated/α-hetero) is 1. The van der Waals surface area contributed by atoms with Crippen LogP contribution >= 0.6 is 0 Å². The van der Waals surface area contributed by atoms with Gasteiger partial charge in [0.25, 0.3) is 5.91 Å². The van der Waals surface area contributed by atoms with Crippen LogP contribution in [0.1, 0.15) is 77.0 Å². The maximum Gasteiger partial charge on any atom is 0.268 e. The fourth-order valence-electron chi connectivity index (χ4n) is 5.19. The van der Waals surface area contributed by atoms with Gasteiger partial charge in [-0.25, -0.2) is 0 Å². The second-order valence-electron chi connectivity index (χ2n) is 8.32. The van der Waals surface area contributed by atoms with Crippen molar-refractivity contribution in [2.75, 3.05) is 32.8 Å². The topological polar surface area (TPSA) is 74.4 Å². The SMILES string of the molecule is Cc1c(C(=O)NCC2(N3CCOCC3)CCCCC2)[nH]c2c1C(=O)CCC2. The number of rotatable bonds is 4. The highest BCUT2D eigenvalue weighted by molar-refractivity contribution is 6.04. The number of morpholine rings is 1. The van der Waals surface area contributed by atoms with Gasteiger partial charge in [0.1, 0.15) is 5.69 Å². The molecule has 0 atom stereocenters. The van der Waals surface area contributed by atoms with E-state index in [4.69, 9.17) is 4.74 Å². The molecule has 0 aromatic carbocycles. The second-order valence-corrected chi connectivity index (χ2v) is 8.32. The maximum absolute atomic E-state index is 13.0. The number of nitrogens with zero attached hydrogens (tertiary/aromatic N) is 1. The summed E-state index contributed by atoms with van der Waals surface area (Å²) in [7, 11) is 0. The first-order valence-electron chi connectivity index (χ1n) is 10.5. The summed E-state index contributed by atoms with van der Waals surface area (Å²) in [5, 5.41) is 3.21. The molecule has 0 unspecified atom stereocenters. The van der Waals surface area contributed by atoms with Crippen molar-refractivity contribution in [3.63, 3.8) is 0 Å². The van der Waals surface area contributed by atoms with Gasteiger partial charge < -0.3 is 15.0 Å². The Balaban J connectivity index is 1.49. The van der Waals surface area contributed by atoms with Gasteiger partial charge in [-0.05, 0) is 38.2 Å². The molecule has 2 heterocycles. The van der Waals surface area contributed by atoms with Crippen LogP contribution in [0.25, 0.3) is 0 Å². The predicted octanol–water partition coefficient (Wildman–Crippen LogP) is 2.61. The predicted molar refractivity (Wildman–Crippen MR) is 103 cm³/mol. The van der Waals surface area contributed by atoms with Crippen molar-refractivity contribution < 1.29 is 14.3 Å². The maximum atomic E-state index is 13.0. The molecule has 1 aromatic rings. The Bertz CT molecular complexity index is 712. The lowest BCUT2D eigenvalue weighted by Crippen LogP contribution is -2.59. The summed E-state index contributed by atoms with van der Waals surface area (Å²) in [4.78, 5) is 31.0. The minimum absolute atomic E-state index is 0.0492. The van der Waals surface area contributed by atoms with E-state index in [1.54, 1.807) is 0 Å². The van der Waals surface area contributed by atoms with Crippen LogP contribution in [0, 0.1) is 6.92 Å². The Morgan fingerprint density at radius 2 is 1.89 bits per heavy atom. The summed E-state index contributed by atoms with van der Waals surface area (Å²) in [5.74, 6) is 0.0917. The molecule has 0 spiro atoms. The van der Waals surface area contributed by atoms with Crippen LogP contribution in [0.2, 0.25) is 0 Å². The number of hydrogen-bond donors (Lipinski definition) is 2. The van der Waals surface area contributed by atoms with Gasteiger partial charge in [-0.3, -0.25) is 14.5 Å². The molecule has 27 heavy (non-hydrogen) atoms. The van der Waals surface area contributed by atoms with Crippen LogP contribution in [-0.4, -0.2) is 60.0 Å². The molecule has 0 bridgehead atoms. The van der Waals surface area contributed by atoms with Crippen LogP contribution in [0.4, 0.5) is 0 Å². The van der Waals surface area contributed by atoms with Crippen LogP contribution < -0.4 is 5.32 Å². The van der Waals surface area contributed by atoms with Crippen LogP contribution in [0.3, 0.4) is 0 Å². The van der Waals surface area contributed by atoms with Crippen LogP contribution in [-0.2, 0) is 11.2 Å². The second kappa shape index (κ2) is 7.76. The van der Waals surface area contributed by atoms with Gasteiger partial charge in [0.2, 0.25) is 0 Å². The zero-order valence-electron chi connectivity index (χ0n) is 16.4. The molecule has 148 valence electrons. The van der Waals surface area contributed by atoms with Crippen LogP contribution in [0.5, 0.6) is 0 Å². The first-order chi connectivity index (χ1) is 13.1. The van der Waals surface area contributed by atoms with E-state index < -0.39 is 0 Å². The van der Waals surface area contributed by atoms with Gasteiger partial charge in [-0.2, -0.15) is 0 Å². The third-order valence-electron chi connectivity index (χ3n) is 6.71. The van der Waals surface area contributed by atoms with E-state index in [0.717, 1.165) is 68.8 Å². The highest BCUT2D eigenvalue weighted by atomic mass is 16.5. The third kappa shape index (κ3) is 3.57. The minimum atomic E-state index is -0.0760. The molecule has 4 rings (SSSR count). The fraction of sp³-hybridized carbons (Fsp3) is 0.714. The fourth-order valence-corrected chi connectivity index (χ4v) is 5.19. The monoisotopic (exact) mass is 373 g/mol. The number of amides is 1. The molecule has 1 aliphatic heterocycles. The van der Waals surface area contributed by atoms with E-state index in [-0.39, 0.29) is 17.2 Å². The number of fused-ring (bicyclic) bond motifs is 1. The Morgan fingerprint density at radius 3 is 2.59 bits per heavy atom. The van der Waals surface area contributed by atoms with E-state index >= 15 is 0 Å². The van der Waals surface area contributed by atoms with Gasteiger partial charge in [0, 0.05) is 42.9 Å². The molecule has 6 heteroatoms. The summed E-state index contributed by atoms with van der Waals surface area (Å²) < 4.78 is 5.54. The molecule has 1 saturated carbocycles. The average Bonchev–Trinajstić information content (AvgIpc) is 3.05. The quantitative estimate of drug-likeness (QED) is 0.851. The van der Waals surface area contributed by atoms with Crippen molar-refractivity contribution in [1.82, 2.24) is 15.2 Å². The zero-order valence-corrected chi connectivity index (χ0v) is 16.4. The highest BCUT2D eigenvalue weighted by Crippen LogP contribution is 2.34. The number of carbonyl (C=O) groups excluding carboxylic acids is 2. The standard InChI is InChI=1S/C21H31N3O3/c1-15-18-16(6-5-7-17(18)25)23-19(15)20(26)22-14-21(8-3-2-4-9-21)24-10-12-27-13-11-24/h23H,2-14H2,1H3,(H,22,26). The lowest BCUT2D eigenvalue weighted by atomic mass is 9.79. The zero-order chi connectivity index (χ0) is 18.9. The number of aromatic nitrogens is 1. The summed E-state index contributed by atoms with van der Waals surface area (Å²) >= 11 is 0. The number of aryl methyl sites for hydroxylation is 1. The van der Waals surface area contributed by atoms with Crippen molar-refractivity contribution >= 4 is 11.7 Å². The molecular weight excluding hydrogens is 342 g/mol. The molecule has 1 aromatic heterocycles. The Labute approximate surface area is 161 Å². The lowest BCUT2D eigenvalue weighted by Gasteiger charge is -2.48. The lowest BCUT2D eigenvalue weighted by molar-refractivity contribution is -0.0361. The van der Waals surface area contributed by atoms with Gasteiger partial charge in [0.05, 0.1) is 13.2 Å². The summed E-state index contributed by atoms with van der Waals surface area (Å²) in [6.45, 7) is 6.01. The van der Waals surface area contributed by atoms with Crippen molar-refractivity contribution in [3.05, 3.63) is 22.5 Å². The first kappa shape index (κ1) is 18.7. The van der Waals surface area contributed by atoms with Gasteiger partial charge in [-0.15, -0.1) is 0 Å². The third-order valence-corrected chi connectivity index (χ3v) is 6.71. The molecule has 2 N–H and O–H groups in total. The van der Waals surface area contributed by atoms with Gasteiger partial charge in [-0.1, -0.05) is 19.3 Å². The molecule has 2 aliphatic carbocycles. The molecular formula is C21H31N3O3. The molecule has 0 radical (unpaired) electrons. The molecule has 2 fully saturated rings. The number of nitrogens with one attached hydrogen (secondary N) is 2.